The molecule has 2 heterocycles. The fourth-order valence-electron chi connectivity index (χ4n) is 4.13. The van der Waals surface area contributed by atoms with Crippen molar-refractivity contribution in [2.45, 2.75) is 57.2 Å². The first-order chi connectivity index (χ1) is 11.2. The fourth-order valence-corrected chi connectivity index (χ4v) is 4.13. The Labute approximate surface area is 136 Å². The summed E-state index contributed by atoms with van der Waals surface area (Å²) >= 11 is 0. The van der Waals surface area contributed by atoms with Gasteiger partial charge < -0.3 is 14.2 Å². The minimum Gasteiger partial charge on any atom is -0.493 e. The topological polar surface area (TPSA) is 48.0 Å². The summed E-state index contributed by atoms with van der Waals surface area (Å²) in [5, 5.41) is 0. The zero-order valence-corrected chi connectivity index (χ0v) is 13.7. The van der Waals surface area contributed by atoms with Gasteiger partial charge in [-0.25, -0.2) is 4.79 Å². The Balaban J connectivity index is 1.68. The Kier molecular flexibility index (Phi) is 3.58. The number of cyclic esters (lactones) is 1. The van der Waals surface area contributed by atoms with Crippen LogP contribution in [0.25, 0.3) is 0 Å². The van der Waals surface area contributed by atoms with Crippen LogP contribution in [-0.2, 0) is 11.2 Å². The van der Waals surface area contributed by atoms with Crippen molar-refractivity contribution in [3.8, 4) is 11.5 Å². The molecule has 2 unspecified atom stereocenters. The van der Waals surface area contributed by atoms with E-state index in [0.29, 0.717) is 6.61 Å². The van der Waals surface area contributed by atoms with Gasteiger partial charge in [0.25, 0.3) is 0 Å². The number of hydrogen-bond acceptors (Lipinski definition) is 4. The molecule has 0 aromatic heterocycles. The van der Waals surface area contributed by atoms with Crippen molar-refractivity contribution in [3.05, 3.63) is 23.3 Å². The summed E-state index contributed by atoms with van der Waals surface area (Å²) in [6.07, 6.45) is 5.57. The van der Waals surface area contributed by atoms with Crippen molar-refractivity contribution in [1.82, 2.24) is 4.90 Å². The van der Waals surface area contributed by atoms with Gasteiger partial charge in [-0.3, -0.25) is 4.90 Å². The number of ether oxygens (including phenoxy) is 3. The molecule has 0 spiro atoms. The predicted octanol–water partition coefficient (Wildman–Crippen LogP) is 3.45. The molecule has 2 aliphatic heterocycles. The summed E-state index contributed by atoms with van der Waals surface area (Å²) in [5.74, 6) is 1.59. The molecular formula is C18H23NO4. The molecular weight excluding hydrogens is 294 g/mol. The second-order valence-corrected chi connectivity index (χ2v) is 6.74. The zero-order chi connectivity index (χ0) is 16.0. The third kappa shape index (κ3) is 2.42. The lowest BCUT2D eigenvalue weighted by Gasteiger charge is -2.35. The van der Waals surface area contributed by atoms with Gasteiger partial charge in [-0.1, -0.05) is 0 Å². The number of hydrogen-bond donors (Lipinski definition) is 0. The van der Waals surface area contributed by atoms with Crippen LogP contribution in [0.2, 0.25) is 0 Å². The molecule has 1 aromatic rings. The van der Waals surface area contributed by atoms with Crippen LogP contribution in [0.5, 0.6) is 11.5 Å². The lowest BCUT2D eigenvalue weighted by atomic mass is 9.89. The molecule has 0 radical (unpaired) electrons. The van der Waals surface area contributed by atoms with Gasteiger partial charge in [0, 0.05) is 0 Å². The number of benzene rings is 1. The number of rotatable bonds is 3. The second-order valence-electron chi connectivity index (χ2n) is 6.74. The molecule has 2 fully saturated rings. The van der Waals surface area contributed by atoms with Crippen LogP contribution in [0.3, 0.4) is 0 Å². The van der Waals surface area contributed by atoms with Crippen molar-refractivity contribution in [3.63, 3.8) is 0 Å². The van der Waals surface area contributed by atoms with E-state index in [4.69, 9.17) is 14.2 Å². The van der Waals surface area contributed by atoms with E-state index in [1.54, 1.807) is 7.11 Å². The van der Waals surface area contributed by atoms with E-state index in [1.165, 1.54) is 18.4 Å². The predicted molar refractivity (Wildman–Crippen MR) is 85.0 cm³/mol. The maximum atomic E-state index is 12.0. The maximum absolute atomic E-state index is 12.0. The number of nitrogens with zero attached hydrogens (tertiary/aromatic N) is 1. The quantitative estimate of drug-likeness (QED) is 0.856. The van der Waals surface area contributed by atoms with E-state index in [2.05, 4.69) is 19.1 Å². The van der Waals surface area contributed by atoms with E-state index in [-0.39, 0.29) is 24.3 Å². The average Bonchev–Trinajstić information content (AvgIpc) is 3.18. The summed E-state index contributed by atoms with van der Waals surface area (Å²) in [7, 11) is 1.68. The van der Waals surface area contributed by atoms with Crippen molar-refractivity contribution < 1.29 is 19.0 Å². The minimum absolute atomic E-state index is 0.00980. The monoisotopic (exact) mass is 317 g/mol. The number of methoxy groups -OCH3 is 1. The third-order valence-corrected chi connectivity index (χ3v) is 5.35. The molecule has 2 atom stereocenters. The molecule has 4 rings (SSSR count). The van der Waals surface area contributed by atoms with Gasteiger partial charge in [0.1, 0.15) is 6.61 Å². The van der Waals surface area contributed by atoms with Crippen molar-refractivity contribution in [2.75, 3.05) is 13.7 Å². The SMILES string of the molecule is COc1cc2c(cc1OC1CCCC1)C(C)N1C(=O)OCC1C2. The summed E-state index contributed by atoms with van der Waals surface area (Å²) in [6, 6.07) is 4.29. The molecule has 5 nitrogen and oxygen atoms in total. The number of carbonyl (C=O) groups excluding carboxylic acids is 1. The highest BCUT2D eigenvalue weighted by atomic mass is 16.6. The van der Waals surface area contributed by atoms with Crippen LogP contribution >= 0.6 is 0 Å². The first kappa shape index (κ1) is 14.7. The highest BCUT2D eigenvalue weighted by molar-refractivity contribution is 5.72. The van der Waals surface area contributed by atoms with Crippen LogP contribution in [0.4, 0.5) is 4.79 Å². The Morgan fingerprint density at radius 1 is 1.22 bits per heavy atom. The van der Waals surface area contributed by atoms with Gasteiger partial charge in [-0.05, 0) is 62.3 Å². The fraction of sp³-hybridized carbons (Fsp3) is 0.611. The van der Waals surface area contributed by atoms with Gasteiger partial charge in [-0.15, -0.1) is 0 Å². The lowest BCUT2D eigenvalue weighted by molar-refractivity contribution is 0.144. The van der Waals surface area contributed by atoms with E-state index in [1.807, 2.05) is 4.90 Å². The van der Waals surface area contributed by atoms with Crippen LogP contribution < -0.4 is 9.47 Å². The zero-order valence-electron chi connectivity index (χ0n) is 13.7. The summed E-state index contributed by atoms with van der Waals surface area (Å²) in [5.41, 5.74) is 2.38. The molecule has 124 valence electrons. The van der Waals surface area contributed by atoms with Gasteiger partial charge >= 0.3 is 6.09 Å². The van der Waals surface area contributed by atoms with Crippen molar-refractivity contribution in [2.24, 2.45) is 0 Å². The summed E-state index contributed by atoms with van der Waals surface area (Å²) in [6.45, 7) is 2.54. The van der Waals surface area contributed by atoms with Gasteiger partial charge in [-0.2, -0.15) is 0 Å². The van der Waals surface area contributed by atoms with E-state index < -0.39 is 0 Å². The number of amides is 1. The number of fused-ring (bicyclic) bond motifs is 2. The normalized spacial score (nSPS) is 26.7. The molecule has 23 heavy (non-hydrogen) atoms. The van der Waals surface area contributed by atoms with Crippen LogP contribution in [0, 0.1) is 0 Å². The Hall–Kier alpha value is -1.91. The molecule has 5 heteroatoms. The van der Waals surface area contributed by atoms with Crippen LogP contribution in [-0.4, -0.2) is 36.9 Å². The Morgan fingerprint density at radius 3 is 2.74 bits per heavy atom. The largest absolute Gasteiger partial charge is 0.493 e. The summed E-state index contributed by atoms with van der Waals surface area (Å²) < 4.78 is 17.0. The van der Waals surface area contributed by atoms with E-state index in [9.17, 15) is 4.79 Å². The maximum Gasteiger partial charge on any atom is 0.410 e. The smallest absolute Gasteiger partial charge is 0.410 e. The Bertz CT molecular complexity index is 624. The minimum atomic E-state index is -0.206. The third-order valence-electron chi connectivity index (χ3n) is 5.35. The molecule has 0 N–H and O–H groups in total. The lowest BCUT2D eigenvalue weighted by Crippen LogP contribution is -2.41. The standard InChI is InChI=1S/C18H23NO4/c1-11-15-9-17(23-14-5-3-4-6-14)16(21-2)8-12(15)7-13-10-22-18(20)19(11)13/h8-9,11,13-14H,3-7,10H2,1-2H3. The molecule has 1 saturated carbocycles. The first-order valence-corrected chi connectivity index (χ1v) is 8.50. The highest BCUT2D eigenvalue weighted by Crippen LogP contribution is 2.42. The second kappa shape index (κ2) is 5.62. The first-order valence-electron chi connectivity index (χ1n) is 8.50. The Morgan fingerprint density at radius 2 is 2.00 bits per heavy atom. The summed E-state index contributed by atoms with van der Waals surface area (Å²) in [4.78, 5) is 13.8. The van der Waals surface area contributed by atoms with Crippen LogP contribution in [0.15, 0.2) is 12.1 Å². The molecule has 1 saturated heterocycles. The van der Waals surface area contributed by atoms with Gasteiger partial charge in [0.15, 0.2) is 11.5 Å². The average molecular weight is 317 g/mol. The van der Waals surface area contributed by atoms with Gasteiger partial charge in [0.05, 0.1) is 25.3 Å². The molecule has 1 amide bonds. The highest BCUT2D eigenvalue weighted by Gasteiger charge is 2.41. The van der Waals surface area contributed by atoms with Crippen molar-refractivity contribution >= 4 is 6.09 Å². The molecule has 0 bridgehead atoms. The molecule has 1 aliphatic carbocycles. The van der Waals surface area contributed by atoms with E-state index in [0.717, 1.165) is 36.3 Å². The van der Waals surface area contributed by atoms with Crippen molar-refractivity contribution in [1.29, 1.82) is 0 Å². The molecule has 3 aliphatic rings. The van der Waals surface area contributed by atoms with E-state index >= 15 is 0 Å². The van der Waals surface area contributed by atoms with Gasteiger partial charge in [0.2, 0.25) is 0 Å². The van der Waals surface area contributed by atoms with Crippen LogP contribution in [0.1, 0.15) is 49.8 Å². The number of carbonyl (C=O) groups is 1. The molecule has 1 aromatic carbocycles.